The van der Waals surface area contributed by atoms with Crippen molar-refractivity contribution in [3.05, 3.63) is 42.5 Å². The zero-order valence-corrected chi connectivity index (χ0v) is 14.2. The summed E-state index contributed by atoms with van der Waals surface area (Å²) in [5.41, 5.74) is 4.34. The molecule has 5 heteroatoms. The minimum atomic E-state index is 0.344. The molecule has 3 aromatic heterocycles. The van der Waals surface area contributed by atoms with Crippen LogP contribution in [0.15, 0.2) is 36.8 Å². The predicted octanol–water partition coefficient (Wildman–Crippen LogP) is 4.27. The molecular weight excluding hydrogens is 298 g/mol. The Bertz CT molecular complexity index is 829. The van der Waals surface area contributed by atoms with Crippen LogP contribution in [0, 0.1) is 0 Å². The Morgan fingerprint density at radius 3 is 2.58 bits per heavy atom. The maximum atomic E-state index is 4.74. The van der Waals surface area contributed by atoms with Crippen molar-refractivity contribution >= 4 is 11.5 Å². The van der Waals surface area contributed by atoms with Crippen LogP contribution in [0.1, 0.15) is 51.1 Å². The molecule has 1 fully saturated rings. The van der Waals surface area contributed by atoms with Crippen molar-refractivity contribution in [3.8, 4) is 11.1 Å². The maximum Gasteiger partial charge on any atom is 0.222 e. The van der Waals surface area contributed by atoms with Crippen molar-refractivity contribution in [2.75, 3.05) is 5.32 Å². The van der Waals surface area contributed by atoms with E-state index in [0.29, 0.717) is 12.0 Å². The van der Waals surface area contributed by atoms with Gasteiger partial charge in [0.05, 0.1) is 11.2 Å². The van der Waals surface area contributed by atoms with Gasteiger partial charge in [-0.05, 0) is 30.9 Å². The van der Waals surface area contributed by atoms with Crippen molar-refractivity contribution in [2.24, 2.45) is 0 Å². The molecule has 124 valence electrons. The summed E-state index contributed by atoms with van der Waals surface area (Å²) in [6.45, 7) is 4.34. The summed E-state index contributed by atoms with van der Waals surface area (Å²) in [6.07, 6.45) is 10.9. The van der Waals surface area contributed by atoms with Crippen molar-refractivity contribution in [1.29, 1.82) is 0 Å². The zero-order chi connectivity index (χ0) is 16.5. The van der Waals surface area contributed by atoms with Gasteiger partial charge in [-0.25, -0.2) is 14.5 Å². The van der Waals surface area contributed by atoms with Crippen LogP contribution in [0.25, 0.3) is 16.6 Å². The van der Waals surface area contributed by atoms with E-state index in [0.717, 1.165) is 28.3 Å². The van der Waals surface area contributed by atoms with Crippen molar-refractivity contribution in [2.45, 2.75) is 51.5 Å². The van der Waals surface area contributed by atoms with E-state index in [1.165, 1.54) is 25.7 Å². The highest BCUT2D eigenvalue weighted by molar-refractivity contribution is 5.82. The van der Waals surface area contributed by atoms with E-state index in [4.69, 9.17) is 5.10 Å². The summed E-state index contributed by atoms with van der Waals surface area (Å²) in [7, 11) is 0. The van der Waals surface area contributed by atoms with Gasteiger partial charge in [0.25, 0.3) is 0 Å². The van der Waals surface area contributed by atoms with Crippen molar-refractivity contribution in [3.63, 3.8) is 0 Å². The van der Waals surface area contributed by atoms with E-state index < -0.39 is 0 Å². The average Bonchev–Trinajstić information content (AvgIpc) is 3.23. The Hall–Kier alpha value is -2.43. The monoisotopic (exact) mass is 321 g/mol. The second-order valence-electron chi connectivity index (χ2n) is 6.87. The van der Waals surface area contributed by atoms with Crippen LogP contribution >= 0.6 is 0 Å². The molecule has 0 amide bonds. The van der Waals surface area contributed by atoms with E-state index in [2.05, 4.69) is 35.2 Å². The van der Waals surface area contributed by atoms with E-state index in [1.807, 2.05) is 35.2 Å². The van der Waals surface area contributed by atoms with E-state index in [1.54, 1.807) is 0 Å². The summed E-state index contributed by atoms with van der Waals surface area (Å²) < 4.78 is 1.94. The second kappa shape index (κ2) is 6.23. The maximum absolute atomic E-state index is 4.74. The molecule has 1 aliphatic rings. The predicted molar refractivity (Wildman–Crippen MR) is 96.2 cm³/mol. The largest absolute Gasteiger partial charge is 0.351 e. The third-order valence-electron chi connectivity index (χ3n) is 4.74. The highest BCUT2D eigenvalue weighted by atomic mass is 15.2. The summed E-state index contributed by atoms with van der Waals surface area (Å²) in [6, 6.07) is 6.67. The van der Waals surface area contributed by atoms with E-state index >= 15 is 0 Å². The molecule has 0 radical (unpaired) electrons. The Balaban J connectivity index is 1.70. The van der Waals surface area contributed by atoms with E-state index in [9.17, 15) is 0 Å². The fourth-order valence-electron chi connectivity index (χ4n) is 3.50. The van der Waals surface area contributed by atoms with Crippen LogP contribution in [0.4, 0.5) is 5.95 Å². The first kappa shape index (κ1) is 15.1. The molecule has 0 spiro atoms. The normalized spacial score (nSPS) is 15.5. The first-order valence-electron chi connectivity index (χ1n) is 8.78. The van der Waals surface area contributed by atoms with Gasteiger partial charge in [-0.15, -0.1) is 0 Å². The first-order chi connectivity index (χ1) is 11.7. The number of hydrogen-bond donors (Lipinski definition) is 1. The van der Waals surface area contributed by atoms with Gasteiger partial charge in [0.1, 0.15) is 0 Å². The summed E-state index contributed by atoms with van der Waals surface area (Å²) in [4.78, 5) is 9.09. The molecule has 1 N–H and O–H groups in total. The average molecular weight is 321 g/mol. The SMILES string of the molecule is CC(C)c1nn2ccccc2c1-c1cnc(NC2CCCC2)nc1. The first-order valence-corrected chi connectivity index (χ1v) is 8.78. The molecule has 3 heterocycles. The lowest BCUT2D eigenvalue weighted by atomic mass is 10.0. The van der Waals surface area contributed by atoms with E-state index in [-0.39, 0.29) is 0 Å². The molecule has 0 atom stereocenters. The van der Waals surface area contributed by atoms with Gasteiger partial charge in [-0.1, -0.05) is 32.8 Å². The molecule has 0 bridgehead atoms. The standard InChI is InChI=1S/C19H23N5/c1-13(2)18-17(16-9-5-6-10-24(16)23-18)14-11-20-19(21-12-14)22-15-7-3-4-8-15/h5-6,9-13,15H,3-4,7-8H2,1-2H3,(H,20,21,22). The number of fused-ring (bicyclic) bond motifs is 1. The topological polar surface area (TPSA) is 55.1 Å². The number of nitrogens with one attached hydrogen (secondary N) is 1. The Morgan fingerprint density at radius 2 is 1.88 bits per heavy atom. The number of rotatable bonds is 4. The third kappa shape index (κ3) is 2.75. The zero-order valence-electron chi connectivity index (χ0n) is 14.2. The number of nitrogens with zero attached hydrogens (tertiary/aromatic N) is 4. The molecule has 24 heavy (non-hydrogen) atoms. The Morgan fingerprint density at radius 1 is 1.12 bits per heavy atom. The van der Waals surface area contributed by atoms with Crippen molar-refractivity contribution < 1.29 is 0 Å². The van der Waals surface area contributed by atoms with Gasteiger partial charge < -0.3 is 5.32 Å². The van der Waals surface area contributed by atoms with Gasteiger partial charge in [0, 0.05) is 35.8 Å². The van der Waals surface area contributed by atoms with Gasteiger partial charge in [-0.3, -0.25) is 0 Å². The molecule has 1 saturated carbocycles. The van der Waals surface area contributed by atoms with Crippen LogP contribution in [0.5, 0.6) is 0 Å². The lowest BCUT2D eigenvalue weighted by Gasteiger charge is -2.12. The quantitative estimate of drug-likeness (QED) is 0.779. The highest BCUT2D eigenvalue weighted by Gasteiger charge is 2.19. The lowest BCUT2D eigenvalue weighted by Crippen LogP contribution is -2.16. The number of aromatic nitrogens is 4. The number of hydrogen-bond acceptors (Lipinski definition) is 4. The van der Waals surface area contributed by atoms with Gasteiger partial charge >= 0.3 is 0 Å². The molecule has 1 aliphatic carbocycles. The van der Waals surface area contributed by atoms with Crippen LogP contribution in [-0.2, 0) is 0 Å². The van der Waals surface area contributed by atoms with Gasteiger partial charge in [-0.2, -0.15) is 5.10 Å². The van der Waals surface area contributed by atoms with Crippen LogP contribution in [0.3, 0.4) is 0 Å². The summed E-state index contributed by atoms with van der Waals surface area (Å²) >= 11 is 0. The molecule has 4 rings (SSSR count). The minimum Gasteiger partial charge on any atom is -0.351 e. The summed E-state index contributed by atoms with van der Waals surface area (Å²) in [5.74, 6) is 1.07. The van der Waals surface area contributed by atoms with Crippen LogP contribution < -0.4 is 5.32 Å². The molecule has 0 saturated heterocycles. The molecule has 3 aromatic rings. The molecule has 0 unspecified atom stereocenters. The lowest BCUT2D eigenvalue weighted by molar-refractivity contribution is 0.744. The van der Waals surface area contributed by atoms with Crippen LogP contribution in [0.2, 0.25) is 0 Å². The smallest absolute Gasteiger partial charge is 0.222 e. The molecule has 0 aromatic carbocycles. The second-order valence-corrected chi connectivity index (χ2v) is 6.87. The molecular formula is C19H23N5. The number of pyridine rings is 1. The van der Waals surface area contributed by atoms with Crippen molar-refractivity contribution in [1.82, 2.24) is 19.6 Å². The van der Waals surface area contributed by atoms with Crippen LogP contribution in [-0.4, -0.2) is 25.6 Å². The summed E-state index contributed by atoms with van der Waals surface area (Å²) in [5, 5.41) is 8.18. The highest BCUT2D eigenvalue weighted by Crippen LogP contribution is 2.32. The third-order valence-corrected chi connectivity index (χ3v) is 4.74. The number of anilines is 1. The van der Waals surface area contributed by atoms with Gasteiger partial charge in [0.2, 0.25) is 5.95 Å². The Kier molecular flexibility index (Phi) is 3.92. The minimum absolute atomic E-state index is 0.344. The molecule has 5 nitrogen and oxygen atoms in total. The fraction of sp³-hybridized carbons (Fsp3) is 0.421. The fourth-order valence-corrected chi connectivity index (χ4v) is 3.50. The Labute approximate surface area is 142 Å². The molecule has 0 aliphatic heterocycles. The van der Waals surface area contributed by atoms with Gasteiger partial charge in [0.15, 0.2) is 0 Å².